The lowest BCUT2D eigenvalue weighted by Gasteiger charge is -2.29. The van der Waals surface area contributed by atoms with E-state index in [2.05, 4.69) is 62.1 Å². The van der Waals surface area contributed by atoms with Gasteiger partial charge in [0.1, 0.15) is 0 Å². The fraction of sp³-hybridized carbons (Fsp3) is 0.146. The van der Waals surface area contributed by atoms with E-state index in [1.807, 2.05) is 98.9 Å². The summed E-state index contributed by atoms with van der Waals surface area (Å²) in [5.74, 6) is -0.430. The van der Waals surface area contributed by atoms with Crippen LogP contribution in [0.4, 0.5) is 17.1 Å². The van der Waals surface area contributed by atoms with E-state index in [4.69, 9.17) is 4.98 Å². The minimum absolute atomic E-state index is 0.215. The van der Waals surface area contributed by atoms with Gasteiger partial charge in [0.2, 0.25) is 0 Å². The zero-order valence-electron chi connectivity index (χ0n) is 26.7. The molecule has 46 heavy (non-hydrogen) atoms. The van der Waals surface area contributed by atoms with Gasteiger partial charge in [-0.3, -0.25) is 14.6 Å². The van der Waals surface area contributed by atoms with E-state index < -0.39 is 0 Å². The number of aromatic nitrogens is 1. The van der Waals surface area contributed by atoms with Crippen LogP contribution in [-0.4, -0.2) is 16.6 Å². The van der Waals surface area contributed by atoms with Crippen LogP contribution >= 0.6 is 11.8 Å². The van der Waals surface area contributed by atoms with Crippen LogP contribution in [0, 0.1) is 6.92 Å². The molecule has 228 valence electrons. The second-order valence-corrected chi connectivity index (χ2v) is 13.4. The first kappa shape index (κ1) is 31.0. The van der Waals surface area contributed by atoms with Gasteiger partial charge in [0, 0.05) is 38.5 Å². The van der Waals surface area contributed by atoms with Crippen molar-refractivity contribution < 1.29 is 9.59 Å². The number of allylic oxidation sites excluding steroid dienone is 5. The van der Waals surface area contributed by atoms with Crippen molar-refractivity contribution in [2.45, 2.75) is 40.0 Å². The van der Waals surface area contributed by atoms with Gasteiger partial charge < -0.3 is 4.90 Å². The standard InChI is InChI=1S/C41H36N2O2S/c1-6-34(24-37-39(44)35-21-29-15-13-14-16-30(29)22-36(35)40(37)45)46-27(2)25-41(4,5)38-23-33(26-42-28(38)3)43(31-17-9-7-10-18-31)32-19-11-8-12-20-32/h6-26H,1-5H3/b27-25+,34-6-. The molecule has 4 aromatic carbocycles. The van der Waals surface area contributed by atoms with Crippen LogP contribution in [0.25, 0.3) is 10.8 Å². The van der Waals surface area contributed by atoms with Crippen molar-refractivity contribution in [1.29, 1.82) is 0 Å². The molecule has 5 heteroatoms. The molecule has 0 unspecified atom stereocenters. The minimum Gasteiger partial charge on any atom is -0.309 e. The van der Waals surface area contributed by atoms with Crippen molar-refractivity contribution in [3.8, 4) is 0 Å². The average molecular weight is 621 g/mol. The number of hydrogen-bond acceptors (Lipinski definition) is 5. The lowest BCUT2D eigenvalue weighted by Crippen LogP contribution is -2.18. The van der Waals surface area contributed by atoms with E-state index in [0.29, 0.717) is 11.1 Å². The van der Waals surface area contributed by atoms with Crippen LogP contribution in [0.1, 0.15) is 59.7 Å². The van der Waals surface area contributed by atoms with Crippen LogP contribution < -0.4 is 4.90 Å². The molecular formula is C41H36N2O2S. The van der Waals surface area contributed by atoms with E-state index in [9.17, 15) is 9.59 Å². The molecule has 0 amide bonds. The molecule has 0 bridgehead atoms. The van der Waals surface area contributed by atoms with Crippen molar-refractivity contribution in [3.05, 3.63) is 165 Å². The fourth-order valence-corrected chi connectivity index (χ4v) is 7.17. The van der Waals surface area contributed by atoms with Crippen molar-refractivity contribution in [2.24, 2.45) is 0 Å². The minimum atomic E-state index is -0.357. The Morgan fingerprint density at radius 2 is 1.28 bits per heavy atom. The number of benzene rings is 4. The molecule has 0 saturated heterocycles. The number of anilines is 3. The maximum Gasteiger partial charge on any atom is 0.197 e. The van der Waals surface area contributed by atoms with Crippen molar-refractivity contribution in [3.63, 3.8) is 0 Å². The Bertz CT molecular complexity index is 1960. The van der Waals surface area contributed by atoms with Crippen molar-refractivity contribution in [2.75, 3.05) is 4.90 Å². The van der Waals surface area contributed by atoms with Gasteiger partial charge in [0.15, 0.2) is 11.6 Å². The van der Waals surface area contributed by atoms with Gasteiger partial charge in [-0.05, 0) is 90.6 Å². The number of rotatable bonds is 8. The summed E-state index contributed by atoms with van der Waals surface area (Å²) in [6.07, 6.45) is 7.87. The number of aryl methyl sites for hydroxylation is 1. The summed E-state index contributed by atoms with van der Waals surface area (Å²) >= 11 is 1.56. The summed E-state index contributed by atoms with van der Waals surface area (Å²) in [7, 11) is 0. The van der Waals surface area contributed by atoms with E-state index in [1.165, 1.54) is 0 Å². The zero-order valence-corrected chi connectivity index (χ0v) is 27.6. The van der Waals surface area contributed by atoms with E-state index >= 15 is 0 Å². The Balaban J connectivity index is 1.29. The third-order valence-electron chi connectivity index (χ3n) is 8.33. The Labute approximate surface area is 275 Å². The van der Waals surface area contributed by atoms with E-state index in [-0.39, 0.29) is 22.6 Å². The quantitative estimate of drug-likeness (QED) is 0.128. The SMILES string of the molecule is C/C=C(/C=C1C(=O)c2cc3ccccc3cc2C1=O)S/C(C)=C/C(C)(C)c1cc(N(c2ccccc2)c2ccccc2)cnc1C. The maximum absolute atomic E-state index is 13.4. The van der Waals surface area contributed by atoms with Crippen LogP contribution in [0.2, 0.25) is 0 Å². The number of thioether (sulfide) groups is 1. The number of carbonyl (C=O) groups excluding carboxylic acids is 2. The second-order valence-electron chi connectivity index (χ2n) is 12.1. The molecule has 4 nitrogen and oxygen atoms in total. The lowest BCUT2D eigenvalue weighted by atomic mass is 9.83. The molecule has 1 aliphatic carbocycles. The molecule has 0 N–H and O–H groups in total. The summed E-state index contributed by atoms with van der Waals surface area (Å²) in [6.45, 7) is 10.4. The predicted molar refractivity (Wildman–Crippen MR) is 192 cm³/mol. The molecule has 5 aromatic rings. The van der Waals surface area contributed by atoms with Crippen LogP contribution in [0.3, 0.4) is 0 Å². The van der Waals surface area contributed by atoms with Gasteiger partial charge in [-0.15, -0.1) is 0 Å². The maximum atomic E-state index is 13.4. The van der Waals surface area contributed by atoms with Gasteiger partial charge >= 0.3 is 0 Å². The molecule has 0 aliphatic heterocycles. The normalized spacial score (nSPS) is 13.7. The Kier molecular flexibility index (Phi) is 8.61. The predicted octanol–water partition coefficient (Wildman–Crippen LogP) is 10.8. The molecule has 6 rings (SSSR count). The number of nitrogens with zero attached hydrogens (tertiary/aromatic N) is 2. The molecule has 0 radical (unpaired) electrons. The second kappa shape index (κ2) is 12.8. The Morgan fingerprint density at radius 1 is 0.761 bits per heavy atom. The highest BCUT2D eigenvalue weighted by atomic mass is 32.2. The summed E-state index contributed by atoms with van der Waals surface area (Å²) in [5.41, 5.74) is 5.99. The van der Waals surface area contributed by atoms with Gasteiger partial charge in [0.05, 0.1) is 17.5 Å². The van der Waals surface area contributed by atoms with E-state index in [1.54, 1.807) is 17.8 Å². The monoisotopic (exact) mass is 620 g/mol. The van der Waals surface area contributed by atoms with Crippen molar-refractivity contribution >= 4 is 51.2 Å². The van der Waals surface area contributed by atoms with Gasteiger partial charge in [-0.1, -0.05) is 98.4 Å². The fourth-order valence-electron chi connectivity index (χ4n) is 6.15. The smallest absolute Gasteiger partial charge is 0.197 e. The number of pyridine rings is 1. The lowest BCUT2D eigenvalue weighted by molar-refractivity contribution is 0.0988. The molecule has 0 atom stereocenters. The summed E-state index contributed by atoms with van der Waals surface area (Å²) in [5, 5.41) is 1.91. The number of Topliss-reactive ketones (excluding diaryl/α,β-unsaturated/α-hetero) is 2. The third-order valence-corrected chi connectivity index (χ3v) is 9.36. The molecule has 0 saturated carbocycles. The summed E-state index contributed by atoms with van der Waals surface area (Å²) in [4.78, 5) is 35.7. The van der Waals surface area contributed by atoms with Gasteiger partial charge in [-0.25, -0.2) is 0 Å². The van der Waals surface area contributed by atoms with Crippen LogP contribution in [0.15, 0.2) is 143 Å². The first-order valence-electron chi connectivity index (χ1n) is 15.4. The van der Waals surface area contributed by atoms with Gasteiger partial charge in [-0.2, -0.15) is 0 Å². The highest BCUT2D eigenvalue weighted by Gasteiger charge is 2.33. The molecular weight excluding hydrogens is 585 g/mol. The molecule has 1 aromatic heterocycles. The summed E-state index contributed by atoms with van der Waals surface area (Å²) in [6, 6.07) is 34.3. The Hall–Kier alpha value is -5.00. The summed E-state index contributed by atoms with van der Waals surface area (Å²) < 4.78 is 0. The molecule has 0 fully saturated rings. The number of fused-ring (bicyclic) bond motifs is 2. The first-order valence-corrected chi connectivity index (χ1v) is 16.2. The largest absolute Gasteiger partial charge is 0.309 e. The number of para-hydroxylation sites is 2. The topological polar surface area (TPSA) is 50.3 Å². The Morgan fingerprint density at radius 3 is 1.80 bits per heavy atom. The van der Waals surface area contributed by atoms with Gasteiger partial charge in [0.25, 0.3) is 0 Å². The number of hydrogen-bond donors (Lipinski definition) is 0. The first-order chi connectivity index (χ1) is 22.2. The molecule has 1 aliphatic rings. The number of carbonyl (C=O) groups is 2. The van der Waals surface area contributed by atoms with Crippen LogP contribution in [0.5, 0.6) is 0 Å². The third kappa shape index (κ3) is 6.11. The van der Waals surface area contributed by atoms with E-state index in [0.717, 1.165) is 48.9 Å². The van der Waals surface area contributed by atoms with Crippen molar-refractivity contribution in [1.82, 2.24) is 4.98 Å². The highest BCUT2D eigenvalue weighted by Crippen LogP contribution is 2.40. The van der Waals surface area contributed by atoms with Crippen LogP contribution in [-0.2, 0) is 5.41 Å². The highest BCUT2D eigenvalue weighted by molar-refractivity contribution is 8.06. The zero-order chi connectivity index (χ0) is 32.4. The number of ketones is 2. The molecule has 1 heterocycles. The molecule has 0 spiro atoms. The average Bonchev–Trinajstić information content (AvgIpc) is 3.28.